The van der Waals surface area contributed by atoms with Crippen LogP contribution < -0.4 is 20.9 Å². The molecule has 3 rings (SSSR count). The van der Waals surface area contributed by atoms with Crippen LogP contribution in [0.3, 0.4) is 0 Å². The summed E-state index contributed by atoms with van der Waals surface area (Å²) in [5.41, 5.74) is 8.05. The van der Waals surface area contributed by atoms with E-state index in [2.05, 4.69) is 23.1 Å². The summed E-state index contributed by atoms with van der Waals surface area (Å²) in [6, 6.07) is 12.1. The lowest BCUT2D eigenvalue weighted by Crippen LogP contribution is -2.42. The van der Waals surface area contributed by atoms with Crippen molar-refractivity contribution in [3.05, 3.63) is 64.4 Å². The molecule has 2 aromatic carbocycles. The molecule has 0 aromatic heterocycles. The van der Waals surface area contributed by atoms with E-state index in [9.17, 15) is 9.18 Å². The third kappa shape index (κ3) is 5.44. The van der Waals surface area contributed by atoms with Crippen molar-refractivity contribution in [3.63, 3.8) is 0 Å². The minimum atomic E-state index is -0.469. The van der Waals surface area contributed by atoms with Gasteiger partial charge in [0.25, 0.3) is 0 Å². The van der Waals surface area contributed by atoms with Gasteiger partial charge in [-0.3, -0.25) is 4.79 Å². The van der Waals surface area contributed by atoms with Crippen LogP contribution in [0, 0.1) is 5.82 Å². The molecule has 7 heteroatoms. The first kappa shape index (κ1) is 20.6. The van der Waals surface area contributed by atoms with Gasteiger partial charge in [-0.15, -0.1) is 0 Å². The Morgan fingerprint density at radius 3 is 2.75 bits per heavy atom. The number of amides is 1. The molecule has 2 atom stereocenters. The van der Waals surface area contributed by atoms with E-state index in [1.54, 1.807) is 6.07 Å². The van der Waals surface area contributed by atoms with E-state index >= 15 is 0 Å². The summed E-state index contributed by atoms with van der Waals surface area (Å²) in [5.74, 6) is 0.272. The van der Waals surface area contributed by atoms with Crippen molar-refractivity contribution < 1.29 is 13.9 Å². The van der Waals surface area contributed by atoms with E-state index in [1.807, 2.05) is 24.3 Å². The molecule has 1 heterocycles. The largest absolute Gasteiger partial charge is 0.494 e. The number of hydrogen-bond acceptors (Lipinski definition) is 4. The zero-order valence-electron chi connectivity index (χ0n) is 15.8. The first-order chi connectivity index (χ1) is 13.6. The molecule has 150 valence electrons. The molecule has 1 fully saturated rings. The fourth-order valence-corrected chi connectivity index (χ4v) is 3.24. The quantitative estimate of drug-likeness (QED) is 0.583. The highest BCUT2D eigenvalue weighted by atomic mass is 35.5. The van der Waals surface area contributed by atoms with E-state index < -0.39 is 5.82 Å². The summed E-state index contributed by atoms with van der Waals surface area (Å²) in [4.78, 5) is 12.4. The lowest BCUT2D eigenvalue weighted by molar-refractivity contribution is -0.123. The summed E-state index contributed by atoms with van der Waals surface area (Å²) in [6.07, 6.45) is 2.77. The van der Waals surface area contributed by atoms with E-state index in [4.69, 9.17) is 16.3 Å². The Balaban J connectivity index is 1.48. The molecule has 0 bridgehead atoms. The predicted molar refractivity (Wildman–Crippen MR) is 108 cm³/mol. The molecule has 1 aliphatic heterocycles. The van der Waals surface area contributed by atoms with Crippen molar-refractivity contribution >= 4 is 17.5 Å². The van der Waals surface area contributed by atoms with Crippen LogP contribution in [-0.4, -0.2) is 18.6 Å². The van der Waals surface area contributed by atoms with Crippen LogP contribution in [0.4, 0.5) is 4.39 Å². The van der Waals surface area contributed by atoms with Gasteiger partial charge < -0.3 is 10.1 Å². The number of carbonyl (C=O) groups excluding carboxylic acids is 1. The Morgan fingerprint density at radius 2 is 2.04 bits per heavy atom. The normalized spacial score (nSPS) is 18.8. The number of unbranched alkanes of at least 4 members (excludes halogenated alkanes) is 1. The predicted octanol–water partition coefficient (Wildman–Crippen LogP) is 3.88. The van der Waals surface area contributed by atoms with Gasteiger partial charge in [0.05, 0.1) is 11.6 Å². The smallest absolute Gasteiger partial charge is 0.238 e. The highest BCUT2D eigenvalue weighted by Gasteiger charge is 2.29. The van der Waals surface area contributed by atoms with E-state index in [1.165, 1.54) is 12.1 Å². The number of halogens is 2. The molecule has 2 aromatic rings. The number of nitrogens with one attached hydrogen (secondary N) is 3. The van der Waals surface area contributed by atoms with Crippen molar-refractivity contribution in [2.45, 2.75) is 44.8 Å². The highest BCUT2D eigenvalue weighted by molar-refractivity contribution is 6.30. The van der Waals surface area contributed by atoms with Crippen LogP contribution >= 0.6 is 11.6 Å². The molecule has 28 heavy (non-hydrogen) atoms. The topological polar surface area (TPSA) is 62.4 Å². The summed E-state index contributed by atoms with van der Waals surface area (Å²) in [7, 11) is 0. The molecular formula is C21H25ClFN3O2. The molecule has 2 unspecified atom stereocenters. The van der Waals surface area contributed by atoms with Gasteiger partial charge in [-0.25, -0.2) is 15.2 Å². The third-order valence-corrected chi connectivity index (χ3v) is 5.01. The first-order valence-corrected chi connectivity index (χ1v) is 9.90. The number of hydrogen-bond donors (Lipinski definition) is 3. The monoisotopic (exact) mass is 405 g/mol. The summed E-state index contributed by atoms with van der Waals surface area (Å²) in [6.45, 7) is 3.15. The van der Waals surface area contributed by atoms with E-state index in [-0.39, 0.29) is 23.0 Å². The van der Waals surface area contributed by atoms with Gasteiger partial charge in [0, 0.05) is 12.6 Å². The Kier molecular flexibility index (Phi) is 7.25. The maximum absolute atomic E-state index is 13.2. The zero-order valence-corrected chi connectivity index (χ0v) is 16.6. The van der Waals surface area contributed by atoms with Crippen molar-refractivity contribution in [1.29, 1.82) is 0 Å². The zero-order chi connectivity index (χ0) is 19.9. The molecule has 0 saturated carbocycles. The molecule has 0 aliphatic carbocycles. The van der Waals surface area contributed by atoms with Crippen LogP contribution in [0.5, 0.6) is 5.75 Å². The maximum Gasteiger partial charge on any atom is 0.238 e. The van der Waals surface area contributed by atoms with Gasteiger partial charge in [-0.1, -0.05) is 43.1 Å². The van der Waals surface area contributed by atoms with Crippen LogP contribution in [0.15, 0.2) is 42.5 Å². The average Bonchev–Trinajstić information content (AvgIpc) is 3.20. The standard InChI is InChI=1S/C21H25ClFN3O2/c1-2-3-10-28-16-7-5-15(6-8-16)19-12-20(26-25-19)21(27)24-13-14-4-9-18(23)17(22)11-14/h4-9,11,19-20,25-26H,2-3,10,12-13H2,1H3,(H,24,27). The molecule has 0 radical (unpaired) electrons. The number of rotatable bonds is 8. The van der Waals surface area contributed by atoms with Gasteiger partial charge in [0.2, 0.25) is 5.91 Å². The van der Waals surface area contributed by atoms with Gasteiger partial charge in [0.1, 0.15) is 17.6 Å². The molecule has 1 amide bonds. The summed E-state index contributed by atoms with van der Waals surface area (Å²) < 4.78 is 18.9. The Labute approximate surface area is 169 Å². The lowest BCUT2D eigenvalue weighted by Gasteiger charge is -2.12. The fourth-order valence-electron chi connectivity index (χ4n) is 3.04. The summed E-state index contributed by atoms with van der Waals surface area (Å²) in [5, 5.41) is 2.91. The minimum absolute atomic E-state index is 0.0423. The maximum atomic E-state index is 13.2. The summed E-state index contributed by atoms with van der Waals surface area (Å²) >= 11 is 5.77. The number of hydrazine groups is 1. The first-order valence-electron chi connectivity index (χ1n) is 9.52. The average molecular weight is 406 g/mol. The molecular weight excluding hydrogens is 381 g/mol. The SMILES string of the molecule is CCCCOc1ccc(C2CC(C(=O)NCc3ccc(F)c(Cl)c3)NN2)cc1. The Bertz CT molecular complexity index is 801. The lowest BCUT2D eigenvalue weighted by atomic mass is 10.0. The second-order valence-electron chi connectivity index (χ2n) is 6.87. The molecule has 1 aliphatic rings. The van der Waals surface area contributed by atoms with E-state index in [0.29, 0.717) is 13.0 Å². The fraction of sp³-hybridized carbons (Fsp3) is 0.381. The Hall–Kier alpha value is -2.15. The highest BCUT2D eigenvalue weighted by Crippen LogP contribution is 2.24. The van der Waals surface area contributed by atoms with E-state index in [0.717, 1.165) is 36.3 Å². The van der Waals surface area contributed by atoms with Crippen molar-refractivity contribution in [2.75, 3.05) is 6.61 Å². The number of benzene rings is 2. The van der Waals surface area contributed by atoms with Gasteiger partial charge in [-0.05, 0) is 48.2 Å². The van der Waals surface area contributed by atoms with Crippen LogP contribution in [0.2, 0.25) is 5.02 Å². The van der Waals surface area contributed by atoms with Crippen LogP contribution in [-0.2, 0) is 11.3 Å². The van der Waals surface area contributed by atoms with Crippen molar-refractivity contribution in [2.24, 2.45) is 0 Å². The Morgan fingerprint density at radius 1 is 1.25 bits per heavy atom. The van der Waals surface area contributed by atoms with Gasteiger partial charge in [-0.2, -0.15) is 0 Å². The van der Waals surface area contributed by atoms with Gasteiger partial charge >= 0.3 is 0 Å². The van der Waals surface area contributed by atoms with Crippen molar-refractivity contribution in [3.8, 4) is 5.75 Å². The second-order valence-corrected chi connectivity index (χ2v) is 7.27. The second kappa shape index (κ2) is 9.87. The molecule has 0 spiro atoms. The third-order valence-electron chi connectivity index (χ3n) is 4.72. The molecule has 3 N–H and O–H groups in total. The minimum Gasteiger partial charge on any atom is -0.494 e. The number of carbonyl (C=O) groups is 1. The molecule has 5 nitrogen and oxygen atoms in total. The molecule has 1 saturated heterocycles. The number of ether oxygens (including phenoxy) is 1. The van der Waals surface area contributed by atoms with Crippen LogP contribution in [0.25, 0.3) is 0 Å². The van der Waals surface area contributed by atoms with Crippen LogP contribution in [0.1, 0.15) is 43.4 Å². The van der Waals surface area contributed by atoms with Gasteiger partial charge in [0.15, 0.2) is 0 Å². The van der Waals surface area contributed by atoms with Crippen molar-refractivity contribution in [1.82, 2.24) is 16.2 Å².